The van der Waals surface area contributed by atoms with E-state index in [1.54, 1.807) is 6.07 Å². The first-order valence-electron chi connectivity index (χ1n) is 12.1. The first-order chi connectivity index (χ1) is 18.0. The number of fused-ring (bicyclic) bond motifs is 1. The fraction of sp³-hybridized carbons (Fsp3) is 0.308. The van der Waals surface area contributed by atoms with Crippen molar-refractivity contribution in [1.82, 2.24) is 4.98 Å². The van der Waals surface area contributed by atoms with Gasteiger partial charge in [-0.15, -0.1) is 20.5 Å². The largest absolute Gasteiger partial charge is 0.507 e. The van der Waals surface area contributed by atoms with Gasteiger partial charge < -0.3 is 14.7 Å². The maximum atomic E-state index is 12.1. The molecule has 0 saturated heterocycles. The molecule has 0 amide bonds. The van der Waals surface area contributed by atoms with Gasteiger partial charge in [-0.1, -0.05) is 36.0 Å². The first-order valence-corrected chi connectivity index (χ1v) is 13.7. The average molecular weight is 537 g/mol. The number of nitrogens with zero attached hydrogens (tertiary/aromatic N) is 6. The Morgan fingerprint density at radius 2 is 1.68 bits per heavy atom. The van der Waals surface area contributed by atoms with Gasteiger partial charge >= 0.3 is 5.97 Å². The van der Waals surface area contributed by atoms with Crippen molar-refractivity contribution in [2.75, 3.05) is 24.6 Å². The van der Waals surface area contributed by atoms with Crippen LogP contribution < -0.4 is 4.90 Å². The highest BCUT2D eigenvalue weighted by molar-refractivity contribution is 7.30. The Kier molecular flexibility index (Phi) is 8.91. The number of esters is 1. The van der Waals surface area contributed by atoms with E-state index in [0.29, 0.717) is 22.4 Å². The average Bonchev–Trinajstić information content (AvgIpc) is 3.46. The van der Waals surface area contributed by atoms with Crippen molar-refractivity contribution < 1.29 is 14.6 Å². The van der Waals surface area contributed by atoms with E-state index in [2.05, 4.69) is 44.2 Å². The molecule has 1 N–H and O–H groups in total. The van der Waals surface area contributed by atoms with Crippen molar-refractivity contribution >= 4 is 65.4 Å². The summed E-state index contributed by atoms with van der Waals surface area (Å²) in [5.41, 5.74) is 2.47. The molecule has 0 atom stereocenters. The molecule has 4 aromatic rings. The lowest BCUT2D eigenvalue weighted by molar-refractivity contribution is 0.0496. The summed E-state index contributed by atoms with van der Waals surface area (Å²) in [6.07, 6.45) is 1.70. The number of unbranched alkanes of at least 4 members (excludes halogenated alkanes) is 1. The van der Waals surface area contributed by atoms with Crippen LogP contribution in [0.2, 0.25) is 0 Å². The lowest BCUT2D eigenvalue weighted by Gasteiger charge is -2.20. The number of aromatic nitrogens is 1. The molecule has 0 spiro atoms. The standard InChI is InChI=1S/C26H28N6O3S2/c1-4-7-14-35-25(34)20-13-10-18(15-21(20)33)29-30-23-16-22-24(37-23)27-26(36-22)31-28-17-8-11-19(12-9-17)32(5-2)6-3/h8-13,15-16,33H,4-7,14H2,1-3H3/b30-29+,31-28+. The molecule has 0 radical (unpaired) electrons. The second-order valence-electron chi connectivity index (χ2n) is 8.03. The van der Waals surface area contributed by atoms with Crippen LogP contribution in [-0.4, -0.2) is 35.8 Å². The van der Waals surface area contributed by atoms with Gasteiger partial charge in [0.1, 0.15) is 21.1 Å². The van der Waals surface area contributed by atoms with Crippen molar-refractivity contribution in [2.45, 2.75) is 33.6 Å². The Labute approximate surface area is 223 Å². The molecule has 4 rings (SSSR count). The van der Waals surface area contributed by atoms with E-state index in [9.17, 15) is 9.90 Å². The van der Waals surface area contributed by atoms with Crippen LogP contribution in [0.4, 0.5) is 27.2 Å². The molecular weight excluding hydrogens is 508 g/mol. The highest BCUT2D eigenvalue weighted by atomic mass is 32.1. The summed E-state index contributed by atoms with van der Waals surface area (Å²) in [4.78, 5) is 19.7. The number of azo groups is 2. The minimum absolute atomic E-state index is 0.109. The van der Waals surface area contributed by atoms with Crippen LogP contribution in [0.5, 0.6) is 5.75 Å². The Morgan fingerprint density at radius 1 is 0.946 bits per heavy atom. The Hall–Kier alpha value is -3.70. The monoisotopic (exact) mass is 536 g/mol. The van der Waals surface area contributed by atoms with E-state index < -0.39 is 5.97 Å². The molecule has 9 nitrogen and oxygen atoms in total. The van der Waals surface area contributed by atoms with Gasteiger partial charge in [0.15, 0.2) is 0 Å². The predicted molar refractivity (Wildman–Crippen MR) is 149 cm³/mol. The fourth-order valence-corrected chi connectivity index (χ4v) is 5.32. The number of phenolic OH excluding ortho intramolecular Hbond substituents is 1. The van der Waals surface area contributed by atoms with Crippen LogP contribution >= 0.6 is 22.7 Å². The van der Waals surface area contributed by atoms with Gasteiger partial charge in [-0.3, -0.25) is 0 Å². The summed E-state index contributed by atoms with van der Waals surface area (Å²) in [5, 5.41) is 28.5. The lowest BCUT2D eigenvalue weighted by Crippen LogP contribution is -2.21. The van der Waals surface area contributed by atoms with Crippen molar-refractivity contribution in [3.05, 3.63) is 54.1 Å². The Bertz CT molecular complexity index is 1380. The molecule has 0 fully saturated rings. The number of anilines is 1. The second-order valence-corrected chi connectivity index (χ2v) is 10.0. The molecule has 2 heterocycles. The number of rotatable bonds is 11. The molecule has 2 aromatic heterocycles. The third-order valence-corrected chi connectivity index (χ3v) is 7.42. The second kappa shape index (κ2) is 12.5. The van der Waals surface area contributed by atoms with Crippen molar-refractivity contribution in [3.8, 4) is 5.75 Å². The van der Waals surface area contributed by atoms with Crippen LogP contribution in [0.3, 0.4) is 0 Å². The summed E-state index contributed by atoms with van der Waals surface area (Å²) >= 11 is 2.82. The van der Waals surface area contributed by atoms with Crippen LogP contribution in [0.1, 0.15) is 44.0 Å². The number of hydrogen-bond donors (Lipinski definition) is 1. The molecule has 0 aliphatic rings. The number of ether oxygens (including phenoxy) is 1. The van der Waals surface area contributed by atoms with Gasteiger partial charge in [0, 0.05) is 24.8 Å². The number of thiophene rings is 1. The zero-order chi connectivity index (χ0) is 26.2. The number of phenols is 1. The highest BCUT2D eigenvalue weighted by Gasteiger charge is 2.13. The summed E-state index contributed by atoms with van der Waals surface area (Å²) in [7, 11) is 0. The molecule has 0 saturated carbocycles. The van der Waals surface area contributed by atoms with Gasteiger partial charge in [-0.2, -0.15) is 0 Å². The van der Waals surface area contributed by atoms with Gasteiger partial charge in [0.05, 0.1) is 22.7 Å². The molecule has 37 heavy (non-hydrogen) atoms. The number of aromatic hydroxyl groups is 1. The number of carbonyl (C=O) groups excluding carboxylic acids is 1. The van der Waals surface area contributed by atoms with Crippen LogP contribution in [0.15, 0.2) is 69.0 Å². The summed E-state index contributed by atoms with van der Waals surface area (Å²) in [5.74, 6) is -0.743. The Balaban J connectivity index is 1.39. The summed E-state index contributed by atoms with van der Waals surface area (Å²) < 4.78 is 6.09. The summed E-state index contributed by atoms with van der Waals surface area (Å²) in [6, 6.07) is 14.4. The molecular formula is C26H28N6O3S2. The summed E-state index contributed by atoms with van der Waals surface area (Å²) in [6.45, 7) is 8.52. The van der Waals surface area contributed by atoms with Gasteiger partial charge in [-0.25, -0.2) is 9.78 Å². The molecule has 2 aromatic carbocycles. The lowest BCUT2D eigenvalue weighted by atomic mass is 10.2. The van der Waals surface area contributed by atoms with Gasteiger partial charge in [-0.05, 0) is 62.7 Å². The number of thiazole rings is 1. The number of hydrogen-bond acceptors (Lipinski definition) is 11. The molecule has 0 aliphatic carbocycles. The van der Waals surface area contributed by atoms with E-state index in [0.717, 1.165) is 46.8 Å². The third-order valence-electron chi connectivity index (χ3n) is 5.49. The zero-order valence-corrected chi connectivity index (χ0v) is 22.6. The van der Waals surface area contributed by atoms with E-state index >= 15 is 0 Å². The minimum atomic E-state index is -0.552. The molecule has 0 bridgehead atoms. The SMILES string of the molecule is CCCCOC(=O)c1ccc(/N=N/c2cc3sc(/N=N/c4ccc(N(CC)CC)cc4)nc3s2)cc1O. The smallest absolute Gasteiger partial charge is 0.341 e. The third kappa shape index (κ3) is 6.75. The van der Waals surface area contributed by atoms with Crippen LogP contribution in [0, 0.1) is 0 Å². The van der Waals surface area contributed by atoms with Crippen molar-refractivity contribution in [3.63, 3.8) is 0 Å². The molecule has 11 heteroatoms. The fourth-order valence-electron chi connectivity index (χ4n) is 3.47. The quantitative estimate of drug-likeness (QED) is 0.117. The predicted octanol–water partition coefficient (Wildman–Crippen LogP) is 8.70. The van der Waals surface area contributed by atoms with Gasteiger partial charge in [0.25, 0.3) is 0 Å². The Morgan fingerprint density at radius 3 is 2.35 bits per heavy atom. The van der Waals surface area contributed by atoms with Crippen molar-refractivity contribution in [1.29, 1.82) is 0 Å². The molecule has 0 unspecified atom stereocenters. The maximum absolute atomic E-state index is 12.1. The van der Waals surface area contributed by atoms with E-state index in [-0.39, 0.29) is 11.3 Å². The normalized spacial score (nSPS) is 11.6. The van der Waals surface area contributed by atoms with E-state index in [1.807, 2.05) is 37.3 Å². The maximum Gasteiger partial charge on any atom is 0.341 e. The van der Waals surface area contributed by atoms with Gasteiger partial charge in [0.2, 0.25) is 5.13 Å². The minimum Gasteiger partial charge on any atom is -0.507 e. The highest BCUT2D eigenvalue weighted by Crippen LogP contribution is 2.39. The molecule has 0 aliphatic heterocycles. The van der Waals surface area contributed by atoms with Crippen LogP contribution in [-0.2, 0) is 4.74 Å². The van der Waals surface area contributed by atoms with E-state index in [1.165, 1.54) is 34.8 Å². The number of benzene rings is 2. The van der Waals surface area contributed by atoms with Crippen LogP contribution in [0.25, 0.3) is 9.53 Å². The zero-order valence-electron chi connectivity index (χ0n) is 20.9. The molecule has 192 valence electrons. The van der Waals surface area contributed by atoms with Crippen molar-refractivity contribution in [2.24, 2.45) is 20.5 Å². The number of carbonyl (C=O) groups is 1. The van der Waals surface area contributed by atoms with E-state index in [4.69, 9.17) is 4.74 Å². The topological polar surface area (TPSA) is 112 Å². The first kappa shape index (κ1) is 26.4.